The van der Waals surface area contributed by atoms with Crippen LogP contribution in [0.4, 0.5) is 0 Å². The van der Waals surface area contributed by atoms with Gasteiger partial charge in [-0.25, -0.2) is 9.59 Å². The van der Waals surface area contributed by atoms with Gasteiger partial charge in [0.15, 0.2) is 18.1 Å². The topological polar surface area (TPSA) is 141 Å². The Kier molecular flexibility index (Phi) is 13.3. The summed E-state index contributed by atoms with van der Waals surface area (Å²) in [7, 11) is 3.14. The standard InChI is InChI=1S/C40H48N2O9/c1-48-34-22-20-27(24-35(34)49-2)19-21-33(30-16-11-17-31(25-30)50-26-36(43)44)51-40(47)32-18-9-10-23-42(32)39(46)37(28-12-5-3-6-13-28)41-38(45)29-14-7-4-8-15-29/h4,7-8,11,14-17,20,22,24-25,28,32-33,37H,3,5-6,9-10,12-13,18-19,21,23,26H2,1-2H3,(H,41,45)(H,43,44)/t32-,33?,37?/m0/s1. The van der Waals surface area contributed by atoms with E-state index in [-0.39, 0.29) is 17.7 Å². The second-order valence-corrected chi connectivity index (χ2v) is 13.2. The lowest BCUT2D eigenvalue weighted by molar-refractivity contribution is -0.163. The van der Waals surface area contributed by atoms with Crippen LogP contribution >= 0.6 is 0 Å². The minimum absolute atomic E-state index is 0.0275. The number of aryl methyl sites for hydroxylation is 1. The van der Waals surface area contributed by atoms with E-state index in [2.05, 4.69) is 5.32 Å². The van der Waals surface area contributed by atoms with Crippen LogP contribution in [0.15, 0.2) is 72.8 Å². The van der Waals surface area contributed by atoms with E-state index in [1.54, 1.807) is 61.6 Å². The summed E-state index contributed by atoms with van der Waals surface area (Å²) < 4.78 is 22.6. The van der Waals surface area contributed by atoms with Gasteiger partial charge in [0, 0.05) is 12.1 Å². The van der Waals surface area contributed by atoms with Gasteiger partial charge in [0.1, 0.15) is 23.9 Å². The smallest absolute Gasteiger partial charge is 0.341 e. The number of amides is 2. The molecule has 0 radical (unpaired) electrons. The predicted octanol–water partition coefficient (Wildman–Crippen LogP) is 6.14. The first-order valence-corrected chi connectivity index (χ1v) is 17.8. The summed E-state index contributed by atoms with van der Waals surface area (Å²) in [6.45, 7) is -0.125. The van der Waals surface area contributed by atoms with Crippen molar-refractivity contribution in [3.8, 4) is 17.2 Å². The number of esters is 1. The number of ether oxygens (including phenoxy) is 4. The molecule has 3 atom stereocenters. The van der Waals surface area contributed by atoms with Gasteiger partial charge in [0.25, 0.3) is 5.91 Å². The summed E-state index contributed by atoms with van der Waals surface area (Å²) in [6.07, 6.45) is 6.83. The van der Waals surface area contributed by atoms with Crippen LogP contribution in [0.2, 0.25) is 0 Å². The quantitative estimate of drug-likeness (QED) is 0.179. The number of rotatable bonds is 15. The Morgan fingerprint density at radius 3 is 2.31 bits per heavy atom. The molecule has 2 amide bonds. The first kappa shape index (κ1) is 37.2. The van der Waals surface area contributed by atoms with Crippen molar-refractivity contribution in [3.05, 3.63) is 89.5 Å². The highest BCUT2D eigenvalue weighted by Gasteiger charge is 2.41. The largest absolute Gasteiger partial charge is 0.493 e. The molecule has 1 aliphatic heterocycles. The van der Waals surface area contributed by atoms with Gasteiger partial charge in [-0.05, 0) is 98.4 Å². The molecule has 1 saturated heterocycles. The van der Waals surface area contributed by atoms with Gasteiger partial charge >= 0.3 is 11.9 Å². The molecule has 1 heterocycles. The minimum Gasteiger partial charge on any atom is -0.493 e. The van der Waals surface area contributed by atoms with Gasteiger partial charge in [-0.15, -0.1) is 0 Å². The molecular formula is C40H48N2O9. The molecule has 0 spiro atoms. The lowest BCUT2D eigenvalue weighted by Crippen LogP contribution is -2.58. The van der Waals surface area contributed by atoms with Crippen LogP contribution in [-0.4, -0.2) is 73.2 Å². The summed E-state index contributed by atoms with van der Waals surface area (Å²) in [5.41, 5.74) is 2.05. The van der Waals surface area contributed by atoms with Crippen LogP contribution in [0.3, 0.4) is 0 Å². The van der Waals surface area contributed by atoms with Crippen molar-refractivity contribution in [1.29, 1.82) is 0 Å². The number of carboxylic acids is 1. The van der Waals surface area contributed by atoms with E-state index in [1.807, 2.05) is 30.3 Å². The van der Waals surface area contributed by atoms with Crippen molar-refractivity contribution in [1.82, 2.24) is 10.2 Å². The Hall–Kier alpha value is -5.06. The number of piperidine rings is 1. The molecule has 272 valence electrons. The van der Waals surface area contributed by atoms with Crippen LogP contribution in [0, 0.1) is 5.92 Å². The number of aliphatic carboxylic acids is 1. The highest BCUT2D eigenvalue weighted by atomic mass is 16.5. The fourth-order valence-corrected chi connectivity index (χ4v) is 7.08. The monoisotopic (exact) mass is 700 g/mol. The number of carbonyl (C=O) groups excluding carboxylic acids is 3. The van der Waals surface area contributed by atoms with E-state index >= 15 is 0 Å². The van der Waals surface area contributed by atoms with Crippen molar-refractivity contribution in [2.24, 2.45) is 5.92 Å². The highest BCUT2D eigenvalue weighted by Crippen LogP contribution is 2.33. The Morgan fingerprint density at radius 2 is 1.59 bits per heavy atom. The number of hydrogen-bond acceptors (Lipinski definition) is 8. The third kappa shape index (κ3) is 10.0. The predicted molar refractivity (Wildman–Crippen MR) is 190 cm³/mol. The number of hydrogen-bond donors (Lipinski definition) is 2. The van der Waals surface area contributed by atoms with Crippen molar-refractivity contribution < 1.29 is 43.2 Å². The molecule has 11 heteroatoms. The summed E-state index contributed by atoms with van der Waals surface area (Å²) in [5, 5.41) is 12.2. The number of benzene rings is 3. The fraction of sp³-hybridized carbons (Fsp3) is 0.450. The van der Waals surface area contributed by atoms with Crippen LogP contribution < -0.4 is 19.5 Å². The van der Waals surface area contributed by atoms with E-state index in [4.69, 9.17) is 24.1 Å². The zero-order chi connectivity index (χ0) is 36.2. The molecular weight excluding hydrogens is 652 g/mol. The number of nitrogens with zero attached hydrogens (tertiary/aromatic N) is 1. The number of likely N-dealkylation sites (tertiary alicyclic amines) is 1. The van der Waals surface area contributed by atoms with Gasteiger partial charge in [-0.3, -0.25) is 9.59 Å². The van der Waals surface area contributed by atoms with E-state index in [1.165, 1.54) is 0 Å². The van der Waals surface area contributed by atoms with Gasteiger partial charge in [0.05, 0.1) is 14.2 Å². The maximum absolute atomic E-state index is 14.4. The Balaban J connectivity index is 1.38. The normalized spacial score (nSPS) is 17.5. The molecule has 0 aromatic heterocycles. The van der Waals surface area contributed by atoms with E-state index in [0.29, 0.717) is 54.2 Å². The van der Waals surface area contributed by atoms with Gasteiger partial charge in [-0.2, -0.15) is 0 Å². The van der Waals surface area contributed by atoms with Crippen molar-refractivity contribution >= 4 is 23.8 Å². The molecule has 1 aliphatic carbocycles. The highest BCUT2D eigenvalue weighted by molar-refractivity contribution is 5.98. The Bertz CT molecular complexity index is 1640. The number of carboxylic acid groups (broad SMARTS) is 1. The number of carbonyl (C=O) groups is 4. The average Bonchev–Trinajstić information content (AvgIpc) is 3.17. The van der Waals surface area contributed by atoms with Crippen LogP contribution in [-0.2, 0) is 25.5 Å². The zero-order valence-corrected chi connectivity index (χ0v) is 29.4. The fourth-order valence-electron chi connectivity index (χ4n) is 7.08. The van der Waals surface area contributed by atoms with Crippen molar-refractivity contribution in [2.45, 2.75) is 82.4 Å². The van der Waals surface area contributed by atoms with Crippen molar-refractivity contribution in [2.75, 3.05) is 27.4 Å². The molecule has 3 aromatic carbocycles. The van der Waals surface area contributed by atoms with Gasteiger partial charge in [0.2, 0.25) is 5.91 Å². The number of methoxy groups -OCH3 is 2. The van der Waals surface area contributed by atoms with Gasteiger partial charge in [-0.1, -0.05) is 55.7 Å². The Labute approximate surface area is 299 Å². The summed E-state index contributed by atoms with van der Waals surface area (Å²) >= 11 is 0. The Morgan fingerprint density at radius 1 is 0.843 bits per heavy atom. The maximum atomic E-state index is 14.4. The summed E-state index contributed by atoms with van der Waals surface area (Å²) in [4.78, 5) is 54.8. The molecule has 0 bridgehead atoms. The zero-order valence-electron chi connectivity index (χ0n) is 29.4. The molecule has 2 fully saturated rings. The molecule has 2 unspecified atom stereocenters. The lowest BCUT2D eigenvalue weighted by atomic mass is 9.82. The van der Waals surface area contributed by atoms with Gasteiger partial charge < -0.3 is 34.3 Å². The lowest BCUT2D eigenvalue weighted by Gasteiger charge is -2.39. The molecule has 5 rings (SSSR count). The van der Waals surface area contributed by atoms with Crippen LogP contribution in [0.25, 0.3) is 0 Å². The second-order valence-electron chi connectivity index (χ2n) is 13.2. The van der Waals surface area contributed by atoms with Crippen molar-refractivity contribution in [3.63, 3.8) is 0 Å². The van der Waals surface area contributed by atoms with Crippen LogP contribution in [0.1, 0.15) is 85.4 Å². The third-order valence-corrected chi connectivity index (χ3v) is 9.76. The van der Waals surface area contributed by atoms with E-state index < -0.39 is 36.7 Å². The maximum Gasteiger partial charge on any atom is 0.341 e. The average molecular weight is 701 g/mol. The number of nitrogens with one attached hydrogen (secondary N) is 1. The second kappa shape index (κ2) is 18.3. The first-order valence-electron chi connectivity index (χ1n) is 17.8. The van der Waals surface area contributed by atoms with E-state index in [9.17, 15) is 19.2 Å². The molecule has 1 saturated carbocycles. The minimum atomic E-state index is -1.11. The third-order valence-electron chi connectivity index (χ3n) is 9.76. The molecule has 2 N–H and O–H groups in total. The molecule has 51 heavy (non-hydrogen) atoms. The SMILES string of the molecule is COc1ccc(CCC(OC(=O)[C@@H]2CCCCN2C(=O)C(NC(=O)c2ccccc2)C2CCCCC2)c2cccc(OCC(=O)O)c2)cc1OC. The summed E-state index contributed by atoms with van der Waals surface area (Å²) in [5.74, 6) is -0.702. The molecule has 11 nitrogen and oxygen atoms in total. The van der Waals surface area contributed by atoms with E-state index in [0.717, 1.165) is 50.5 Å². The van der Waals surface area contributed by atoms with Crippen LogP contribution in [0.5, 0.6) is 17.2 Å². The molecule has 2 aliphatic rings. The first-order chi connectivity index (χ1) is 24.8. The summed E-state index contributed by atoms with van der Waals surface area (Å²) in [6, 6.07) is 19.8. The molecule has 3 aromatic rings.